The minimum atomic E-state index is -0.414. The van der Waals surface area contributed by atoms with Crippen LogP contribution >= 0.6 is 0 Å². The van der Waals surface area contributed by atoms with Crippen LogP contribution in [0.3, 0.4) is 0 Å². The third-order valence-corrected chi connectivity index (χ3v) is 6.86. The summed E-state index contributed by atoms with van der Waals surface area (Å²) in [6.07, 6.45) is 6.51. The summed E-state index contributed by atoms with van der Waals surface area (Å²) in [6, 6.07) is 6.70. The van der Waals surface area contributed by atoms with E-state index in [9.17, 15) is 9.50 Å². The fraction of sp³-hybridized carbons (Fsp3) is 0.727. The number of ether oxygens (including phenoxy) is 1. The lowest BCUT2D eigenvalue weighted by molar-refractivity contribution is 0.0100. The average molecular weight is 377 g/mol. The standard InChI is InChI=1S/C22H33FN2O2/c23-20-3-5-21(6-4-20)25-10-8-24(9-11-25)15-22(26)16-27-12-7-19-14-17-1-2-18(19)13-17/h3-6,17-19,22,26H,1-2,7-16H2/t17-,18-,19+,22-/m1/s1. The summed E-state index contributed by atoms with van der Waals surface area (Å²) in [5, 5.41) is 10.3. The molecule has 1 heterocycles. The summed E-state index contributed by atoms with van der Waals surface area (Å²) >= 11 is 0. The molecule has 0 radical (unpaired) electrons. The number of aliphatic hydroxyl groups excluding tert-OH is 1. The molecule has 1 N–H and O–H groups in total. The molecule has 2 aliphatic carbocycles. The number of hydrogen-bond donors (Lipinski definition) is 1. The Morgan fingerprint density at radius 1 is 1.07 bits per heavy atom. The van der Waals surface area contributed by atoms with Crippen LogP contribution in [0.25, 0.3) is 0 Å². The average Bonchev–Trinajstić information content (AvgIpc) is 3.30. The number of rotatable bonds is 8. The van der Waals surface area contributed by atoms with Gasteiger partial charge in [0.1, 0.15) is 5.82 Å². The third-order valence-electron chi connectivity index (χ3n) is 6.86. The minimum absolute atomic E-state index is 0.194. The zero-order valence-electron chi connectivity index (χ0n) is 16.2. The maximum atomic E-state index is 13.0. The number of fused-ring (bicyclic) bond motifs is 2. The first-order valence-corrected chi connectivity index (χ1v) is 10.7. The van der Waals surface area contributed by atoms with Gasteiger partial charge in [0, 0.05) is 45.0 Å². The molecule has 150 valence electrons. The van der Waals surface area contributed by atoms with Crippen molar-refractivity contribution in [1.29, 1.82) is 0 Å². The van der Waals surface area contributed by atoms with Crippen molar-refractivity contribution in [2.45, 2.75) is 38.2 Å². The lowest BCUT2D eigenvalue weighted by Gasteiger charge is -2.36. The van der Waals surface area contributed by atoms with Crippen molar-refractivity contribution in [3.8, 4) is 0 Å². The van der Waals surface area contributed by atoms with Gasteiger partial charge in [-0.05, 0) is 67.7 Å². The Morgan fingerprint density at radius 3 is 2.52 bits per heavy atom. The molecule has 3 fully saturated rings. The number of hydrogen-bond acceptors (Lipinski definition) is 4. The van der Waals surface area contributed by atoms with Gasteiger partial charge in [0.15, 0.2) is 0 Å². The van der Waals surface area contributed by atoms with Crippen LogP contribution in [-0.4, -0.2) is 62.0 Å². The van der Waals surface area contributed by atoms with E-state index in [1.54, 1.807) is 0 Å². The Balaban J connectivity index is 1.09. The Kier molecular flexibility index (Phi) is 6.31. The Labute approximate surface area is 162 Å². The van der Waals surface area contributed by atoms with Crippen LogP contribution in [0.4, 0.5) is 10.1 Å². The molecule has 5 heteroatoms. The highest BCUT2D eigenvalue weighted by Gasteiger charge is 2.38. The smallest absolute Gasteiger partial charge is 0.123 e. The first kappa shape index (κ1) is 19.2. The quantitative estimate of drug-likeness (QED) is 0.707. The van der Waals surface area contributed by atoms with E-state index in [2.05, 4.69) is 9.80 Å². The van der Waals surface area contributed by atoms with Crippen LogP contribution in [0.2, 0.25) is 0 Å². The fourth-order valence-corrected chi connectivity index (χ4v) is 5.38. The molecular formula is C22H33FN2O2. The van der Waals surface area contributed by atoms with E-state index in [0.717, 1.165) is 56.2 Å². The van der Waals surface area contributed by atoms with Gasteiger partial charge >= 0.3 is 0 Å². The summed E-state index contributed by atoms with van der Waals surface area (Å²) < 4.78 is 18.8. The summed E-state index contributed by atoms with van der Waals surface area (Å²) in [5.41, 5.74) is 1.07. The van der Waals surface area contributed by atoms with Crippen LogP contribution in [0.15, 0.2) is 24.3 Å². The number of anilines is 1. The van der Waals surface area contributed by atoms with E-state index in [1.165, 1.54) is 44.2 Å². The molecule has 27 heavy (non-hydrogen) atoms. The number of aliphatic hydroxyl groups is 1. The lowest BCUT2D eigenvalue weighted by atomic mass is 9.87. The second-order valence-corrected chi connectivity index (χ2v) is 8.72. The lowest BCUT2D eigenvalue weighted by Crippen LogP contribution is -2.49. The molecule has 1 saturated heterocycles. The predicted octanol–water partition coefficient (Wildman–Crippen LogP) is 3.15. The topological polar surface area (TPSA) is 35.9 Å². The second kappa shape index (κ2) is 8.89. The molecule has 0 unspecified atom stereocenters. The zero-order chi connectivity index (χ0) is 18.6. The monoisotopic (exact) mass is 376 g/mol. The van der Waals surface area contributed by atoms with Crippen LogP contribution in [0.1, 0.15) is 32.1 Å². The summed E-state index contributed by atoms with van der Waals surface area (Å²) in [7, 11) is 0. The fourth-order valence-electron chi connectivity index (χ4n) is 5.38. The molecule has 1 aromatic rings. The van der Waals surface area contributed by atoms with Crippen molar-refractivity contribution in [1.82, 2.24) is 4.90 Å². The molecule has 3 aliphatic rings. The zero-order valence-corrected chi connectivity index (χ0v) is 16.2. The molecular weight excluding hydrogens is 343 g/mol. The van der Waals surface area contributed by atoms with E-state index in [1.807, 2.05) is 12.1 Å². The number of β-amino-alcohol motifs (C(OH)–C–C–N with tert-alkyl or cyclic N) is 1. The molecule has 4 rings (SSSR count). The van der Waals surface area contributed by atoms with E-state index >= 15 is 0 Å². The van der Waals surface area contributed by atoms with Gasteiger partial charge in [0.05, 0.1) is 12.7 Å². The van der Waals surface area contributed by atoms with Crippen molar-refractivity contribution >= 4 is 5.69 Å². The summed E-state index contributed by atoms with van der Waals surface area (Å²) in [6.45, 7) is 5.56. The highest BCUT2D eigenvalue weighted by molar-refractivity contribution is 5.46. The van der Waals surface area contributed by atoms with Gasteiger partial charge in [0.25, 0.3) is 0 Å². The highest BCUT2D eigenvalue weighted by atomic mass is 19.1. The van der Waals surface area contributed by atoms with Gasteiger partial charge in [-0.25, -0.2) is 4.39 Å². The van der Waals surface area contributed by atoms with Crippen LogP contribution in [0, 0.1) is 23.6 Å². The number of halogens is 1. The maximum absolute atomic E-state index is 13.0. The van der Waals surface area contributed by atoms with E-state index in [-0.39, 0.29) is 5.82 Å². The van der Waals surface area contributed by atoms with E-state index < -0.39 is 6.10 Å². The van der Waals surface area contributed by atoms with Crippen molar-refractivity contribution in [3.05, 3.63) is 30.1 Å². The normalized spacial score (nSPS) is 29.4. The summed E-state index contributed by atoms with van der Waals surface area (Å²) in [5.74, 6) is 2.64. The van der Waals surface area contributed by atoms with Gasteiger partial charge < -0.3 is 14.7 Å². The van der Waals surface area contributed by atoms with Crippen LogP contribution in [-0.2, 0) is 4.74 Å². The first-order chi connectivity index (χ1) is 13.2. The minimum Gasteiger partial charge on any atom is -0.389 e. The van der Waals surface area contributed by atoms with Gasteiger partial charge in [-0.15, -0.1) is 0 Å². The molecule has 0 aromatic heterocycles. The number of piperazine rings is 1. The van der Waals surface area contributed by atoms with Crippen molar-refractivity contribution < 1.29 is 14.2 Å². The Morgan fingerprint density at radius 2 is 1.85 bits per heavy atom. The largest absolute Gasteiger partial charge is 0.389 e. The first-order valence-electron chi connectivity index (χ1n) is 10.7. The molecule has 0 amide bonds. The number of benzene rings is 1. The molecule has 2 saturated carbocycles. The SMILES string of the molecule is O[C@@H](COCC[C@H]1C[C@@H]2CC[C@@H]1C2)CN1CCN(c2ccc(F)cc2)CC1. The molecule has 1 aromatic carbocycles. The molecule has 2 bridgehead atoms. The predicted molar refractivity (Wildman–Crippen MR) is 105 cm³/mol. The third kappa shape index (κ3) is 5.01. The van der Waals surface area contributed by atoms with E-state index in [4.69, 9.17) is 4.74 Å². The van der Waals surface area contributed by atoms with Gasteiger partial charge in [-0.3, -0.25) is 4.90 Å². The van der Waals surface area contributed by atoms with Crippen LogP contribution in [0.5, 0.6) is 0 Å². The van der Waals surface area contributed by atoms with Crippen molar-refractivity contribution in [2.24, 2.45) is 17.8 Å². The van der Waals surface area contributed by atoms with Gasteiger partial charge in [-0.2, -0.15) is 0 Å². The van der Waals surface area contributed by atoms with Gasteiger partial charge in [-0.1, -0.05) is 6.42 Å². The Bertz CT molecular complexity index is 588. The second-order valence-electron chi connectivity index (χ2n) is 8.72. The maximum Gasteiger partial charge on any atom is 0.123 e. The summed E-state index contributed by atoms with van der Waals surface area (Å²) in [4.78, 5) is 4.57. The van der Waals surface area contributed by atoms with Crippen molar-refractivity contribution in [3.63, 3.8) is 0 Å². The molecule has 1 aliphatic heterocycles. The molecule has 0 spiro atoms. The number of nitrogens with zero attached hydrogens (tertiary/aromatic N) is 2. The molecule has 4 atom stereocenters. The molecule has 4 nitrogen and oxygen atoms in total. The highest BCUT2D eigenvalue weighted by Crippen LogP contribution is 2.49. The Hall–Kier alpha value is -1.17. The van der Waals surface area contributed by atoms with Gasteiger partial charge in [0.2, 0.25) is 0 Å². The van der Waals surface area contributed by atoms with E-state index in [0.29, 0.717) is 13.2 Å². The van der Waals surface area contributed by atoms with Crippen molar-refractivity contribution in [2.75, 3.05) is 50.8 Å². The van der Waals surface area contributed by atoms with Crippen LogP contribution < -0.4 is 4.90 Å².